The lowest BCUT2D eigenvalue weighted by Gasteiger charge is -2.09. The molecule has 1 N–H and O–H groups in total. The number of rotatable bonds is 3. The summed E-state index contributed by atoms with van der Waals surface area (Å²) < 4.78 is 0. The summed E-state index contributed by atoms with van der Waals surface area (Å²) in [5, 5.41) is 2.33. The molecule has 0 spiro atoms. The smallest absolute Gasteiger partial charge is 0.255 e. The van der Waals surface area contributed by atoms with E-state index in [9.17, 15) is 9.59 Å². The minimum absolute atomic E-state index is 0.203. The molecule has 0 aliphatic carbocycles. The molecule has 0 bridgehead atoms. The highest BCUT2D eigenvalue weighted by Crippen LogP contribution is 2.23. The minimum atomic E-state index is -0.632. The van der Waals surface area contributed by atoms with Gasteiger partial charge in [0.1, 0.15) is 0 Å². The Morgan fingerprint density at radius 2 is 1.71 bits per heavy atom. The zero-order valence-corrected chi connectivity index (χ0v) is 13.0. The number of amides is 1. The van der Waals surface area contributed by atoms with Gasteiger partial charge >= 0.3 is 0 Å². The van der Waals surface area contributed by atoms with Crippen molar-refractivity contribution in [2.45, 2.75) is 13.8 Å². The standard InChI is InChI=1S/C16H13Cl2NO2/c1-9-3-4-10(2)13(7-9)16(21)19-11-5-6-12(15(18)20)14(17)8-11/h3-8H,1-2H3,(H,19,21). The Morgan fingerprint density at radius 3 is 2.33 bits per heavy atom. The lowest BCUT2D eigenvalue weighted by molar-refractivity contribution is 0.102. The highest BCUT2D eigenvalue weighted by Gasteiger charge is 2.12. The Hall–Kier alpha value is -1.84. The van der Waals surface area contributed by atoms with E-state index in [1.54, 1.807) is 6.07 Å². The van der Waals surface area contributed by atoms with Gasteiger partial charge in [0.05, 0.1) is 10.6 Å². The first-order valence-corrected chi connectivity index (χ1v) is 7.02. The second-order valence-electron chi connectivity index (χ2n) is 4.74. The van der Waals surface area contributed by atoms with Gasteiger partial charge in [0.15, 0.2) is 0 Å². The number of aryl methyl sites for hydroxylation is 2. The Kier molecular flexibility index (Phi) is 4.66. The predicted molar refractivity (Wildman–Crippen MR) is 85.5 cm³/mol. The molecule has 1 amide bonds. The predicted octanol–water partition coefficient (Wildman–Crippen LogP) is 4.59. The molecule has 5 heteroatoms. The van der Waals surface area contributed by atoms with Gasteiger partial charge in [-0.15, -0.1) is 0 Å². The second kappa shape index (κ2) is 6.29. The van der Waals surface area contributed by atoms with Crippen LogP contribution in [0.5, 0.6) is 0 Å². The van der Waals surface area contributed by atoms with Crippen LogP contribution in [0.1, 0.15) is 31.8 Å². The molecule has 0 fully saturated rings. The third-order valence-corrected chi connectivity index (χ3v) is 3.59. The topological polar surface area (TPSA) is 46.2 Å². The van der Waals surface area contributed by atoms with Gasteiger partial charge < -0.3 is 5.32 Å². The SMILES string of the molecule is Cc1ccc(C)c(C(=O)Nc2ccc(C(=O)Cl)c(Cl)c2)c1. The average molecular weight is 322 g/mol. The molecule has 0 saturated carbocycles. The van der Waals surface area contributed by atoms with Crippen LogP contribution in [0.15, 0.2) is 36.4 Å². The van der Waals surface area contributed by atoms with Gasteiger partial charge in [-0.1, -0.05) is 29.3 Å². The molecule has 0 aliphatic heterocycles. The van der Waals surface area contributed by atoms with Crippen molar-refractivity contribution in [1.82, 2.24) is 0 Å². The molecular weight excluding hydrogens is 309 g/mol. The van der Waals surface area contributed by atoms with E-state index in [2.05, 4.69) is 5.32 Å². The van der Waals surface area contributed by atoms with E-state index in [1.807, 2.05) is 32.0 Å². The van der Waals surface area contributed by atoms with Gasteiger partial charge in [0.25, 0.3) is 11.1 Å². The average Bonchev–Trinajstić information content (AvgIpc) is 2.41. The molecule has 0 aliphatic rings. The zero-order valence-electron chi connectivity index (χ0n) is 11.5. The first kappa shape index (κ1) is 15.5. The van der Waals surface area contributed by atoms with Crippen LogP contribution in [0.2, 0.25) is 5.02 Å². The summed E-state index contributed by atoms with van der Waals surface area (Å²) in [4.78, 5) is 23.4. The molecule has 0 heterocycles. The van der Waals surface area contributed by atoms with E-state index < -0.39 is 5.24 Å². The highest BCUT2D eigenvalue weighted by molar-refractivity contribution is 6.68. The van der Waals surface area contributed by atoms with Gasteiger partial charge in [-0.25, -0.2) is 0 Å². The maximum absolute atomic E-state index is 12.3. The second-order valence-corrected chi connectivity index (χ2v) is 5.49. The van der Waals surface area contributed by atoms with E-state index in [0.717, 1.165) is 11.1 Å². The molecule has 2 rings (SSSR count). The number of benzene rings is 2. The van der Waals surface area contributed by atoms with Crippen LogP contribution in [-0.4, -0.2) is 11.1 Å². The molecule has 108 valence electrons. The molecule has 3 nitrogen and oxygen atoms in total. The number of carbonyl (C=O) groups is 2. The summed E-state index contributed by atoms with van der Waals surface area (Å²) in [7, 11) is 0. The fourth-order valence-electron chi connectivity index (χ4n) is 1.93. The quantitative estimate of drug-likeness (QED) is 0.840. The van der Waals surface area contributed by atoms with Crippen molar-refractivity contribution in [3.63, 3.8) is 0 Å². The summed E-state index contributed by atoms with van der Waals surface area (Å²) in [5.74, 6) is -0.225. The number of halogens is 2. The number of hydrogen-bond donors (Lipinski definition) is 1. The fraction of sp³-hybridized carbons (Fsp3) is 0.125. The highest BCUT2D eigenvalue weighted by atomic mass is 35.5. The molecule has 2 aromatic rings. The number of carbonyl (C=O) groups excluding carboxylic acids is 2. The fourth-order valence-corrected chi connectivity index (χ4v) is 2.41. The van der Waals surface area contributed by atoms with Crippen LogP contribution < -0.4 is 5.32 Å². The summed E-state index contributed by atoms with van der Waals surface area (Å²) in [6.45, 7) is 3.80. The van der Waals surface area contributed by atoms with Crippen LogP contribution in [-0.2, 0) is 0 Å². The van der Waals surface area contributed by atoms with Gasteiger partial charge in [0.2, 0.25) is 0 Å². The third-order valence-electron chi connectivity index (χ3n) is 3.08. The molecule has 0 aromatic heterocycles. The first-order chi connectivity index (χ1) is 9.88. The molecule has 2 aromatic carbocycles. The minimum Gasteiger partial charge on any atom is -0.322 e. The third kappa shape index (κ3) is 3.63. The summed E-state index contributed by atoms with van der Waals surface area (Å²) in [5.41, 5.74) is 3.21. The first-order valence-electron chi connectivity index (χ1n) is 6.26. The van der Waals surface area contributed by atoms with Crippen LogP contribution in [0, 0.1) is 13.8 Å². The summed E-state index contributed by atoms with van der Waals surface area (Å²) >= 11 is 11.3. The Balaban J connectivity index is 2.26. The molecule has 0 unspecified atom stereocenters. The van der Waals surface area contributed by atoms with Crippen molar-refractivity contribution in [2.24, 2.45) is 0 Å². The molecule has 0 atom stereocenters. The van der Waals surface area contributed by atoms with Crippen LogP contribution >= 0.6 is 23.2 Å². The van der Waals surface area contributed by atoms with Crippen molar-refractivity contribution in [3.05, 3.63) is 63.7 Å². The molecule has 21 heavy (non-hydrogen) atoms. The van der Waals surface area contributed by atoms with Crippen LogP contribution in [0.4, 0.5) is 5.69 Å². The van der Waals surface area contributed by atoms with Crippen molar-refractivity contribution in [3.8, 4) is 0 Å². The zero-order chi connectivity index (χ0) is 15.6. The van der Waals surface area contributed by atoms with Gasteiger partial charge in [-0.3, -0.25) is 9.59 Å². The van der Waals surface area contributed by atoms with E-state index in [1.165, 1.54) is 12.1 Å². The Bertz CT molecular complexity index is 726. The maximum atomic E-state index is 12.3. The van der Waals surface area contributed by atoms with Crippen molar-refractivity contribution < 1.29 is 9.59 Å². The van der Waals surface area contributed by atoms with Crippen molar-refractivity contribution in [1.29, 1.82) is 0 Å². The van der Waals surface area contributed by atoms with E-state index >= 15 is 0 Å². The van der Waals surface area contributed by atoms with Gasteiger partial charge in [0, 0.05) is 11.3 Å². The lowest BCUT2D eigenvalue weighted by Crippen LogP contribution is -2.13. The molecular formula is C16H13Cl2NO2. The lowest BCUT2D eigenvalue weighted by atomic mass is 10.0. The monoisotopic (exact) mass is 321 g/mol. The van der Waals surface area contributed by atoms with E-state index in [4.69, 9.17) is 23.2 Å². The van der Waals surface area contributed by atoms with E-state index in [-0.39, 0.29) is 16.5 Å². The molecule has 0 radical (unpaired) electrons. The Labute approximate surface area is 132 Å². The number of nitrogens with one attached hydrogen (secondary N) is 1. The normalized spacial score (nSPS) is 10.3. The van der Waals surface area contributed by atoms with Gasteiger partial charge in [-0.2, -0.15) is 0 Å². The van der Waals surface area contributed by atoms with E-state index in [0.29, 0.717) is 11.3 Å². The largest absolute Gasteiger partial charge is 0.322 e. The summed E-state index contributed by atoms with van der Waals surface area (Å²) in [6.07, 6.45) is 0. The number of hydrogen-bond acceptors (Lipinski definition) is 2. The van der Waals surface area contributed by atoms with Crippen LogP contribution in [0.25, 0.3) is 0 Å². The maximum Gasteiger partial charge on any atom is 0.255 e. The van der Waals surface area contributed by atoms with Gasteiger partial charge in [-0.05, 0) is 55.3 Å². The number of anilines is 1. The summed E-state index contributed by atoms with van der Waals surface area (Å²) in [6, 6.07) is 10.2. The van der Waals surface area contributed by atoms with Crippen LogP contribution in [0.3, 0.4) is 0 Å². The molecule has 0 saturated heterocycles. The van der Waals surface area contributed by atoms with Crippen molar-refractivity contribution in [2.75, 3.05) is 5.32 Å². The Morgan fingerprint density at radius 1 is 1.00 bits per heavy atom. The van der Waals surface area contributed by atoms with Crippen molar-refractivity contribution >= 4 is 40.0 Å².